The number of likely N-dealkylation sites (N-methyl/N-ethyl adjacent to an activating group) is 1. The smallest absolute Gasteiger partial charge is 0.193 e. The third-order valence-electron chi connectivity index (χ3n) is 5.03. The summed E-state index contributed by atoms with van der Waals surface area (Å²) in [5.74, 6) is 2.90. The summed E-state index contributed by atoms with van der Waals surface area (Å²) in [5, 5.41) is 3.62. The summed E-state index contributed by atoms with van der Waals surface area (Å²) in [6.45, 7) is 19.7. The van der Waals surface area contributed by atoms with Crippen LogP contribution >= 0.6 is 35.7 Å². The van der Waals surface area contributed by atoms with E-state index in [9.17, 15) is 0 Å². The Morgan fingerprint density at radius 3 is 2.36 bits per heavy atom. The molecule has 2 aliphatic rings. The van der Waals surface area contributed by atoms with Gasteiger partial charge in [0.1, 0.15) is 0 Å². The largest absolute Gasteiger partial charge is 0.356 e. The van der Waals surface area contributed by atoms with E-state index in [1.54, 1.807) is 0 Å². The van der Waals surface area contributed by atoms with Crippen molar-refractivity contribution in [2.75, 3.05) is 71.7 Å². The van der Waals surface area contributed by atoms with Crippen LogP contribution in [0.5, 0.6) is 0 Å². The van der Waals surface area contributed by atoms with Crippen LogP contribution in [0.4, 0.5) is 0 Å². The van der Waals surface area contributed by atoms with Crippen molar-refractivity contribution in [3.05, 3.63) is 0 Å². The lowest BCUT2D eigenvalue weighted by Crippen LogP contribution is -2.52. The van der Waals surface area contributed by atoms with Gasteiger partial charge in [-0.15, -0.1) is 24.0 Å². The normalized spacial score (nSPS) is 23.9. The Hall–Kier alpha value is 0.270. The van der Waals surface area contributed by atoms with Crippen molar-refractivity contribution in [3.8, 4) is 0 Å². The van der Waals surface area contributed by atoms with Crippen molar-refractivity contribution >= 4 is 41.7 Å². The second-order valence-electron chi connectivity index (χ2n) is 7.80. The molecule has 2 fully saturated rings. The Morgan fingerprint density at radius 1 is 1.16 bits per heavy atom. The topological polar surface area (TPSA) is 34.1 Å². The van der Waals surface area contributed by atoms with Crippen LogP contribution in [0.15, 0.2) is 4.99 Å². The highest BCUT2D eigenvalue weighted by atomic mass is 127. The first-order valence-electron chi connectivity index (χ1n) is 9.48. The van der Waals surface area contributed by atoms with E-state index in [0.29, 0.717) is 10.7 Å². The number of piperazine rings is 1. The Balaban J connectivity index is 0.00000312. The minimum Gasteiger partial charge on any atom is -0.356 e. The van der Waals surface area contributed by atoms with Gasteiger partial charge in [0.15, 0.2) is 5.96 Å². The van der Waals surface area contributed by atoms with Gasteiger partial charge in [0, 0.05) is 69.9 Å². The average molecular weight is 484 g/mol. The highest BCUT2D eigenvalue weighted by Gasteiger charge is 2.28. The molecular weight excluding hydrogens is 445 g/mol. The molecule has 0 aromatic rings. The summed E-state index contributed by atoms with van der Waals surface area (Å²) in [6.07, 6.45) is 0. The second kappa shape index (κ2) is 11.2. The Morgan fingerprint density at radius 2 is 1.80 bits per heavy atom. The fourth-order valence-corrected chi connectivity index (χ4v) is 4.70. The number of nitrogens with one attached hydrogen (secondary N) is 1. The molecule has 2 rings (SSSR count). The maximum Gasteiger partial charge on any atom is 0.193 e. The first-order valence-corrected chi connectivity index (χ1v) is 10.5. The van der Waals surface area contributed by atoms with Crippen LogP contribution in [-0.2, 0) is 0 Å². The van der Waals surface area contributed by atoms with Crippen LogP contribution in [0.25, 0.3) is 0 Å². The van der Waals surface area contributed by atoms with Gasteiger partial charge < -0.3 is 20.0 Å². The summed E-state index contributed by atoms with van der Waals surface area (Å²) < 4.78 is 0.320. The minimum absolute atomic E-state index is 0. The summed E-state index contributed by atoms with van der Waals surface area (Å²) in [5.41, 5.74) is 0. The quantitative estimate of drug-likeness (QED) is 0.369. The highest BCUT2D eigenvalue weighted by molar-refractivity contribution is 14.0. The zero-order valence-electron chi connectivity index (χ0n) is 16.8. The van der Waals surface area contributed by atoms with Crippen molar-refractivity contribution in [2.24, 2.45) is 10.9 Å². The predicted molar refractivity (Wildman–Crippen MR) is 123 cm³/mol. The van der Waals surface area contributed by atoms with Crippen molar-refractivity contribution < 1.29 is 0 Å². The first kappa shape index (κ1) is 23.3. The van der Waals surface area contributed by atoms with Crippen LogP contribution in [-0.4, -0.2) is 97.1 Å². The van der Waals surface area contributed by atoms with Gasteiger partial charge in [0.2, 0.25) is 0 Å². The van der Waals surface area contributed by atoms with E-state index in [-0.39, 0.29) is 24.0 Å². The number of guanidine groups is 1. The average Bonchev–Trinajstić information content (AvgIpc) is 2.55. The first-order chi connectivity index (χ1) is 11.4. The van der Waals surface area contributed by atoms with E-state index in [1.165, 1.54) is 45.0 Å². The van der Waals surface area contributed by atoms with Crippen LogP contribution in [0, 0.1) is 5.92 Å². The number of halogens is 1. The summed E-state index contributed by atoms with van der Waals surface area (Å²) in [6, 6.07) is 0. The molecule has 0 spiro atoms. The standard InChI is InChI=1S/C18H37N5S.HI/c1-6-21-7-9-22(10-8-21)14-16(2)13-20-17(19-5)23-11-12-24-18(3,4)15-23;/h16H,6-15H2,1-5H3,(H,19,20);1H. The fourth-order valence-electron chi connectivity index (χ4n) is 3.59. The molecule has 1 N–H and O–H groups in total. The van der Waals surface area contributed by atoms with Crippen LogP contribution in [0.2, 0.25) is 0 Å². The number of rotatable bonds is 5. The molecule has 1 atom stereocenters. The second-order valence-corrected chi connectivity index (χ2v) is 9.60. The monoisotopic (exact) mass is 483 g/mol. The maximum absolute atomic E-state index is 4.52. The van der Waals surface area contributed by atoms with Crippen molar-refractivity contribution in [3.63, 3.8) is 0 Å². The molecule has 0 radical (unpaired) electrons. The van der Waals surface area contributed by atoms with Crippen molar-refractivity contribution in [1.82, 2.24) is 20.0 Å². The van der Waals surface area contributed by atoms with E-state index in [0.717, 1.165) is 25.6 Å². The minimum atomic E-state index is 0. The molecule has 0 amide bonds. The highest BCUT2D eigenvalue weighted by Crippen LogP contribution is 2.29. The molecule has 0 aromatic heterocycles. The van der Waals surface area contributed by atoms with Crippen LogP contribution in [0.3, 0.4) is 0 Å². The zero-order chi connectivity index (χ0) is 17.6. The zero-order valence-corrected chi connectivity index (χ0v) is 19.9. The fraction of sp³-hybridized carbons (Fsp3) is 0.944. The molecule has 0 bridgehead atoms. The Kier molecular flexibility index (Phi) is 10.4. The number of aliphatic imine (C=N–C) groups is 1. The number of hydrogen-bond acceptors (Lipinski definition) is 4. The van der Waals surface area contributed by atoms with E-state index in [4.69, 9.17) is 0 Å². The van der Waals surface area contributed by atoms with Gasteiger partial charge in [-0.2, -0.15) is 11.8 Å². The predicted octanol–water partition coefficient (Wildman–Crippen LogP) is 2.28. The summed E-state index contributed by atoms with van der Waals surface area (Å²) in [7, 11) is 1.91. The number of thioether (sulfide) groups is 1. The third kappa shape index (κ3) is 7.81. The molecule has 2 aliphatic heterocycles. The molecule has 0 aliphatic carbocycles. The molecule has 2 heterocycles. The summed E-state index contributed by atoms with van der Waals surface area (Å²) in [4.78, 5) is 12.1. The van der Waals surface area contributed by atoms with Gasteiger partial charge in [0.25, 0.3) is 0 Å². The third-order valence-corrected chi connectivity index (χ3v) is 6.32. The number of hydrogen-bond donors (Lipinski definition) is 1. The molecular formula is C18H38IN5S. The van der Waals surface area contributed by atoms with Crippen LogP contribution in [0.1, 0.15) is 27.7 Å². The molecule has 148 valence electrons. The molecule has 25 heavy (non-hydrogen) atoms. The van der Waals surface area contributed by atoms with Gasteiger partial charge in [-0.25, -0.2) is 0 Å². The van der Waals surface area contributed by atoms with Gasteiger partial charge in [-0.1, -0.05) is 13.8 Å². The molecule has 1 unspecified atom stereocenters. The van der Waals surface area contributed by atoms with Crippen molar-refractivity contribution in [1.29, 1.82) is 0 Å². The lowest BCUT2D eigenvalue weighted by molar-refractivity contribution is 0.124. The lowest BCUT2D eigenvalue weighted by Gasteiger charge is -2.39. The Bertz CT molecular complexity index is 410. The Labute approximate surface area is 176 Å². The van der Waals surface area contributed by atoms with Gasteiger partial charge in [-0.05, 0) is 26.3 Å². The van der Waals surface area contributed by atoms with Gasteiger partial charge in [-0.3, -0.25) is 4.99 Å². The molecule has 0 aromatic carbocycles. The van der Waals surface area contributed by atoms with E-state index < -0.39 is 0 Å². The van der Waals surface area contributed by atoms with Crippen molar-refractivity contribution in [2.45, 2.75) is 32.4 Å². The van der Waals surface area contributed by atoms with E-state index >= 15 is 0 Å². The lowest BCUT2D eigenvalue weighted by atomic mass is 10.1. The van der Waals surface area contributed by atoms with Gasteiger partial charge >= 0.3 is 0 Å². The van der Waals surface area contributed by atoms with Gasteiger partial charge in [0.05, 0.1) is 0 Å². The maximum atomic E-state index is 4.52. The SMILES string of the molecule is CCN1CCN(CC(C)CNC(=NC)N2CCSC(C)(C)C2)CC1.I. The molecule has 7 heteroatoms. The van der Waals surface area contributed by atoms with Crippen LogP contribution < -0.4 is 5.32 Å². The molecule has 0 saturated carbocycles. The number of nitrogens with zero attached hydrogens (tertiary/aromatic N) is 4. The van der Waals surface area contributed by atoms with E-state index in [1.807, 2.05) is 7.05 Å². The molecule has 5 nitrogen and oxygen atoms in total. The molecule has 2 saturated heterocycles. The van der Waals surface area contributed by atoms with E-state index in [2.05, 4.69) is 64.5 Å². The summed E-state index contributed by atoms with van der Waals surface area (Å²) >= 11 is 2.07.